The van der Waals surface area contributed by atoms with Crippen molar-refractivity contribution in [1.29, 1.82) is 0 Å². The highest BCUT2D eigenvalue weighted by molar-refractivity contribution is 5.31. The van der Waals surface area contributed by atoms with Gasteiger partial charge in [-0.2, -0.15) is 0 Å². The Hall–Kier alpha value is -1.02. The van der Waals surface area contributed by atoms with Crippen molar-refractivity contribution in [2.75, 3.05) is 0 Å². The van der Waals surface area contributed by atoms with Crippen molar-refractivity contribution in [1.82, 2.24) is 0 Å². The van der Waals surface area contributed by atoms with Gasteiger partial charge in [-0.05, 0) is 67.6 Å². The first kappa shape index (κ1) is 24.3. The van der Waals surface area contributed by atoms with Gasteiger partial charge in [0.05, 0.1) is 6.10 Å². The van der Waals surface area contributed by atoms with E-state index in [1.807, 2.05) is 0 Å². The van der Waals surface area contributed by atoms with Gasteiger partial charge in [-0.3, -0.25) is 0 Å². The molecule has 0 spiro atoms. The fraction of sp³-hybridized carbons (Fsp3) is 0.778. The van der Waals surface area contributed by atoms with E-state index in [0.717, 1.165) is 5.75 Å². The van der Waals surface area contributed by atoms with Crippen molar-refractivity contribution in [3.05, 3.63) is 29.8 Å². The molecule has 0 N–H and O–H groups in total. The van der Waals surface area contributed by atoms with E-state index in [9.17, 15) is 0 Å². The monoisotopic (exact) mass is 402 g/mol. The predicted octanol–water partition coefficient (Wildman–Crippen LogP) is 8.35. The number of hydrogen-bond acceptors (Lipinski definition) is 2. The van der Waals surface area contributed by atoms with Crippen molar-refractivity contribution in [3.8, 4) is 5.75 Å². The lowest BCUT2D eigenvalue weighted by atomic mass is 9.69. The minimum Gasteiger partial charge on any atom is -0.464 e. The van der Waals surface area contributed by atoms with Crippen LogP contribution in [0.1, 0.15) is 112 Å². The molecule has 29 heavy (non-hydrogen) atoms. The molecule has 0 aliphatic heterocycles. The largest absolute Gasteiger partial charge is 0.464 e. The van der Waals surface area contributed by atoms with Crippen LogP contribution in [0.25, 0.3) is 0 Å². The molecule has 2 unspecified atom stereocenters. The standard InChI is InChI=1S/C27H46O2/c1-20(2)28-24(27(9)17-11-10-12-18-27)29-22-15-13-21(14-16-22)23(26(6,7)8)19-25(3,4)5/h13-16,20,23-24H,10-12,17-19H2,1-9H3. The number of hydrogen-bond donors (Lipinski definition) is 0. The van der Waals surface area contributed by atoms with Gasteiger partial charge in [-0.15, -0.1) is 0 Å². The average molecular weight is 403 g/mol. The Balaban J connectivity index is 2.20. The number of rotatable bonds is 7. The van der Waals surface area contributed by atoms with Crippen LogP contribution >= 0.6 is 0 Å². The first-order valence-corrected chi connectivity index (χ1v) is 11.7. The zero-order valence-corrected chi connectivity index (χ0v) is 20.6. The second kappa shape index (κ2) is 9.41. The summed E-state index contributed by atoms with van der Waals surface area (Å²) < 4.78 is 12.7. The van der Waals surface area contributed by atoms with Crippen molar-refractivity contribution in [3.63, 3.8) is 0 Å². The lowest BCUT2D eigenvalue weighted by Gasteiger charge is -2.41. The van der Waals surface area contributed by atoms with Crippen LogP contribution in [-0.2, 0) is 4.74 Å². The van der Waals surface area contributed by atoms with E-state index in [0.29, 0.717) is 11.3 Å². The first-order valence-electron chi connectivity index (χ1n) is 11.7. The molecule has 2 heteroatoms. The number of ether oxygens (including phenoxy) is 2. The second-order valence-electron chi connectivity index (χ2n) is 12.1. The van der Waals surface area contributed by atoms with E-state index in [1.54, 1.807) is 0 Å². The number of benzene rings is 1. The summed E-state index contributed by atoms with van der Waals surface area (Å²) in [5, 5.41) is 0. The quantitative estimate of drug-likeness (QED) is 0.426. The topological polar surface area (TPSA) is 18.5 Å². The maximum absolute atomic E-state index is 6.47. The van der Waals surface area contributed by atoms with Gasteiger partial charge in [0.2, 0.25) is 6.29 Å². The molecule has 0 saturated heterocycles. The normalized spacial score (nSPS) is 19.8. The maximum Gasteiger partial charge on any atom is 0.205 e. The second-order valence-corrected chi connectivity index (χ2v) is 12.1. The molecule has 2 atom stereocenters. The van der Waals surface area contributed by atoms with Crippen LogP contribution in [-0.4, -0.2) is 12.4 Å². The fourth-order valence-electron chi connectivity index (χ4n) is 4.62. The Kier molecular flexibility index (Phi) is 7.87. The van der Waals surface area contributed by atoms with E-state index in [-0.39, 0.29) is 23.2 Å². The first-order chi connectivity index (χ1) is 13.3. The average Bonchev–Trinajstić information content (AvgIpc) is 2.58. The van der Waals surface area contributed by atoms with Crippen LogP contribution in [0.5, 0.6) is 5.75 Å². The Morgan fingerprint density at radius 1 is 0.897 bits per heavy atom. The molecule has 0 aromatic heterocycles. The summed E-state index contributed by atoms with van der Waals surface area (Å²) >= 11 is 0. The maximum atomic E-state index is 6.47. The molecular formula is C27H46O2. The van der Waals surface area contributed by atoms with E-state index < -0.39 is 0 Å². The molecule has 1 saturated carbocycles. The van der Waals surface area contributed by atoms with Gasteiger partial charge >= 0.3 is 0 Å². The summed E-state index contributed by atoms with van der Waals surface area (Å²) in [7, 11) is 0. The van der Waals surface area contributed by atoms with Gasteiger partial charge in [0.15, 0.2) is 0 Å². The molecule has 1 fully saturated rings. The highest BCUT2D eigenvalue weighted by Crippen LogP contribution is 2.44. The van der Waals surface area contributed by atoms with Gasteiger partial charge in [0.25, 0.3) is 0 Å². The van der Waals surface area contributed by atoms with Crippen LogP contribution in [0.4, 0.5) is 0 Å². The van der Waals surface area contributed by atoms with E-state index in [4.69, 9.17) is 9.47 Å². The molecule has 2 rings (SSSR count). The summed E-state index contributed by atoms with van der Waals surface area (Å²) in [4.78, 5) is 0. The summed E-state index contributed by atoms with van der Waals surface area (Å²) in [6, 6.07) is 8.85. The SMILES string of the molecule is CC(C)OC(Oc1ccc(C(CC(C)(C)C)C(C)(C)C)cc1)C1(C)CCCCC1. The molecular weight excluding hydrogens is 356 g/mol. The Bertz CT molecular complexity index is 609. The van der Waals surface area contributed by atoms with Crippen molar-refractivity contribution < 1.29 is 9.47 Å². The van der Waals surface area contributed by atoms with Crippen molar-refractivity contribution in [2.24, 2.45) is 16.2 Å². The minimum absolute atomic E-state index is 0.0986. The third kappa shape index (κ3) is 7.31. The van der Waals surface area contributed by atoms with Crippen molar-refractivity contribution >= 4 is 0 Å². The Morgan fingerprint density at radius 2 is 1.45 bits per heavy atom. The summed E-state index contributed by atoms with van der Waals surface area (Å²) in [6.45, 7) is 20.6. The van der Waals surface area contributed by atoms with Crippen LogP contribution in [0.3, 0.4) is 0 Å². The smallest absolute Gasteiger partial charge is 0.205 e. The van der Waals surface area contributed by atoms with E-state index in [2.05, 4.69) is 86.6 Å². The van der Waals surface area contributed by atoms with Gasteiger partial charge in [-0.25, -0.2) is 0 Å². The van der Waals surface area contributed by atoms with Gasteiger partial charge < -0.3 is 9.47 Å². The van der Waals surface area contributed by atoms with Gasteiger partial charge in [0, 0.05) is 5.41 Å². The van der Waals surface area contributed by atoms with Crippen LogP contribution < -0.4 is 4.74 Å². The van der Waals surface area contributed by atoms with Crippen molar-refractivity contribution in [2.45, 2.75) is 119 Å². The molecule has 0 heterocycles. The minimum atomic E-state index is -0.179. The lowest BCUT2D eigenvalue weighted by Crippen LogP contribution is -2.42. The van der Waals surface area contributed by atoms with E-state index >= 15 is 0 Å². The molecule has 1 aromatic rings. The molecule has 2 nitrogen and oxygen atoms in total. The fourth-order valence-corrected chi connectivity index (χ4v) is 4.62. The van der Waals surface area contributed by atoms with Crippen LogP contribution in [0, 0.1) is 16.2 Å². The molecule has 1 aliphatic carbocycles. The molecule has 0 bridgehead atoms. The third-order valence-electron chi connectivity index (χ3n) is 6.35. The third-order valence-corrected chi connectivity index (χ3v) is 6.35. The van der Waals surface area contributed by atoms with E-state index in [1.165, 1.54) is 44.1 Å². The highest BCUT2D eigenvalue weighted by atomic mass is 16.7. The van der Waals surface area contributed by atoms with Gasteiger partial charge in [0.1, 0.15) is 5.75 Å². The van der Waals surface area contributed by atoms with Crippen LogP contribution in [0.15, 0.2) is 24.3 Å². The Morgan fingerprint density at radius 3 is 1.90 bits per heavy atom. The summed E-state index contributed by atoms with van der Waals surface area (Å²) in [6.07, 6.45) is 7.40. The van der Waals surface area contributed by atoms with Crippen LogP contribution in [0.2, 0.25) is 0 Å². The molecule has 0 amide bonds. The molecule has 0 radical (unpaired) electrons. The van der Waals surface area contributed by atoms with Gasteiger partial charge in [-0.1, -0.05) is 79.9 Å². The molecule has 1 aromatic carbocycles. The molecule has 1 aliphatic rings. The summed E-state index contributed by atoms with van der Waals surface area (Å²) in [5.74, 6) is 1.45. The molecule has 166 valence electrons. The highest BCUT2D eigenvalue weighted by Gasteiger charge is 2.39. The predicted molar refractivity (Wildman–Crippen MR) is 125 cm³/mol. The zero-order chi connectivity index (χ0) is 21.9. The Labute approximate surface area is 180 Å². The zero-order valence-electron chi connectivity index (χ0n) is 20.6. The summed E-state index contributed by atoms with van der Waals surface area (Å²) in [5.41, 5.74) is 2.04. The lowest BCUT2D eigenvalue weighted by molar-refractivity contribution is -0.182.